The van der Waals surface area contributed by atoms with Gasteiger partial charge in [0.15, 0.2) is 0 Å². The lowest BCUT2D eigenvalue weighted by Crippen LogP contribution is -2.48. The number of thioether (sulfide) groups is 1. The Labute approximate surface area is 132 Å². The third-order valence-electron chi connectivity index (χ3n) is 4.28. The van der Waals surface area contributed by atoms with E-state index in [2.05, 4.69) is 40.5 Å². The van der Waals surface area contributed by atoms with Crippen LogP contribution in [0.5, 0.6) is 0 Å². The van der Waals surface area contributed by atoms with E-state index >= 15 is 0 Å². The van der Waals surface area contributed by atoms with E-state index in [0.29, 0.717) is 17.3 Å². The van der Waals surface area contributed by atoms with Crippen molar-refractivity contribution < 1.29 is 5.11 Å². The smallest absolute Gasteiger partial charge is 0.0564 e. The molecule has 0 amide bonds. The van der Waals surface area contributed by atoms with E-state index in [1.165, 1.54) is 18.4 Å². The molecule has 1 aromatic rings. The van der Waals surface area contributed by atoms with Crippen molar-refractivity contribution in [3.8, 4) is 0 Å². The summed E-state index contributed by atoms with van der Waals surface area (Å²) in [6.45, 7) is 5.72. The van der Waals surface area contributed by atoms with Crippen LogP contribution >= 0.6 is 11.8 Å². The molecule has 1 aromatic heterocycles. The monoisotopic (exact) mass is 309 g/mol. The number of aliphatic hydroxyl groups excluding tert-OH is 1. The summed E-state index contributed by atoms with van der Waals surface area (Å²) in [5.41, 5.74) is 1.34. The van der Waals surface area contributed by atoms with E-state index < -0.39 is 0 Å². The quantitative estimate of drug-likeness (QED) is 0.803. The number of nitrogens with one attached hydrogen (secondary N) is 1. The van der Waals surface area contributed by atoms with Crippen molar-refractivity contribution in [3.63, 3.8) is 0 Å². The van der Waals surface area contributed by atoms with Gasteiger partial charge in [-0.25, -0.2) is 0 Å². The second-order valence-corrected chi connectivity index (χ2v) is 6.89. The zero-order valence-electron chi connectivity index (χ0n) is 13.0. The number of aliphatic hydroxyl groups is 1. The molecule has 1 saturated heterocycles. The van der Waals surface area contributed by atoms with Crippen LogP contribution in [0, 0.1) is 0 Å². The van der Waals surface area contributed by atoms with Gasteiger partial charge in [-0.1, -0.05) is 0 Å². The van der Waals surface area contributed by atoms with Crippen LogP contribution in [0.15, 0.2) is 24.5 Å². The molecule has 2 N–H and O–H groups in total. The third-order valence-corrected chi connectivity index (χ3v) is 5.44. The number of hydrogen-bond donors (Lipinski definition) is 2. The second-order valence-electron chi connectivity index (χ2n) is 5.82. The SMILES string of the molecule is CSC(CO)C(C)NC1CCN(Cc2ccncc2)CC1. The molecule has 5 heteroatoms. The van der Waals surface area contributed by atoms with Crippen LogP contribution in [-0.2, 0) is 6.54 Å². The Balaban J connectivity index is 1.73. The van der Waals surface area contributed by atoms with Crippen molar-refractivity contribution in [1.82, 2.24) is 15.2 Å². The van der Waals surface area contributed by atoms with Gasteiger partial charge in [-0.3, -0.25) is 9.88 Å². The van der Waals surface area contributed by atoms with Crippen molar-refractivity contribution in [1.29, 1.82) is 0 Å². The van der Waals surface area contributed by atoms with E-state index in [1.807, 2.05) is 12.4 Å². The Kier molecular flexibility index (Phi) is 6.96. The molecule has 0 bridgehead atoms. The highest BCUT2D eigenvalue weighted by molar-refractivity contribution is 7.99. The molecule has 2 heterocycles. The molecular formula is C16H27N3OS. The van der Waals surface area contributed by atoms with Gasteiger partial charge in [-0.2, -0.15) is 11.8 Å². The standard InChI is InChI=1S/C16H27N3OS/c1-13(16(12-20)21-2)18-15-5-9-19(10-6-15)11-14-3-7-17-8-4-14/h3-4,7-8,13,15-16,18,20H,5-6,9-12H2,1-2H3. The Morgan fingerprint density at radius 3 is 2.62 bits per heavy atom. The summed E-state index contributed by atoms with van der Waals surface area (Å²) in [7, 11) is 0. The van der Waals surface area contributed by atoms with E-state index in [0.717, 1.165) is 19.6 Å². The number of rotatable bonds is 7. The largest absolute Gasteiger partial charge is 0.395 e. The lowest BCUT2D eigenvalue weighted by Gasteiger charge is -2.35. The molecule has 1 aliphatic heterocycles. The zero-order valence-corrected chi connectivity index (χ0v) is 13.9. The Hall–Kier alpha value is -0.620. The van der Waals surface area contributed by atoms with Gasteiger partial charge in [0.05, 0.1) is 6.61 Å². The molecule has 0 aliphatic carbocycles. The van der Waals surface area contributed by atoms with Crippen molar-refractivity contribution >= 4 is 11.8 Å². The van der Waals surface area contributed by atoms with E-state index in [4.69, 9.17) is 0 Å². The number of aromatic nitrogens is 1. The van der Waals surface area contributed by atoms with Crippen LogP contribution in [0.25, 0.3) is 0 Å². The van der Waals surface area contributed by atoms with Gasteiger partial charge < -0.3 is 10.4 Å². The first-order valence-corrected chi connectivity index (χ1v) is 9.02. The predicted octanol–water partition coefficient (Wildman–Crippen LogP) is 1.75. The fraction of sp³-hybridized carbons (Fsp3) is 0.688. The summed E-state index contributed by atoms with van der Waals surface area (Å²) >= 11 is 1.74. The molecule has 2 atom stereocenters. The number of nitrogens with zero attached hydrogens (tertiary/aromatic N) is 2. The molecule has 118 valence electrons. The molecule has 0 saturated carbocycles. The third kappa shape index (κ3) is 5.25. The first kappa shape index (κ1) is 16.7. The topological polar surface area (TPSA) is 48.4 Å². The van der Waals surface area contributed by atoms with E-state index in [9.17, 15) is 5.11 Å². The van der Waals surface area contributed by atoms with Gasteiger partial charge in [0.1, 0.15) is 0 Å². The number of likely N-dealkylation sites (tertiary alicyclic amines) is 1. The Morgan fingerprint density at radius 2 is 2.05 bits per heavy atom. The molecule has 2 unspecified atom stereocenters. The summed E-state index contributed by atoms with van der Waals surface area (Å²) in [4.78, 5) is 6.58. The molecule has 2 rings (SSSR count). The molecule has 21 heavy (non-hydrogen) atoms. The molecule has 0 radical (unpaired) electrons. The lowest BCUT2D eigenvalue weighted by molar-refractivity contribution is 0.180. The number of piperidine rings is 1. The molecule has 0 spiro atoms. The van der Waals surface area contributed by atoms with Crippen LogP contribution in [0.2, 0.25) is 0 Å². The van der Waals surface area contributed by atoms with Gasteiger partial charge in [-0.05, 0) is 56.8 Å². The average Bonchev–Trinajstić information content (AvgIpc) is 2.51. The summed E-state index contributed by atoms with van der Waals surface area (Å²) in [6.07, 6.45) is 8.16. The lowest BCUT2D eigenvalue weighted by atomic mass is 10.0. The first-order valence-electron chi connectivity index (χ1n) is 7.74. The fourth-order valence-corrected chi connectivity index (χ4v) is 3.56. The number of pyridine rings is 1. The minimum Gasteiger partial charge on any atom is -0.395 e. The van der Waals surface area contributed by atoms with Crippen LogP contribution in [0.3, 0.4) is 0 Å². The first-order chi connectivity index (χ1) is 10.2. The summed E-state index contributed by atoms with van der Waals surface area (Å²) in [5, 5.41) is 13.3. The van der Waals surface area contributed by atoms with Crippen molar-refractivity contribution in [2.75, 3.05) is 26.0 Å². The normalized spacial score (nSPS) is 20.3. The maximum atomic E-state index is 9.36. The van der Waals surface area contributed by atoms with E-state index in [1.54, 1.807) is 11.8 Å². The average molecular weight is 309 g/mol. The minimum absolute atomic E-state index is 0.246. The van der Waals surface area contributed by atoms with Gasteiger partial charge in [0, 0.05) is 36.3 Å². The van der Waals surface area contributed by atoms with Crippen molar-refractivity contribution in [2.45, 2.75) is 43.6 Å². The van der Waals surface area contributed by atoms with Crippen molar-refractivity contribution in [3.05, 3.63) is 30.1 Å². The van der Waals surface area contributed by atoms with Gasteiger partial charge in [-0.15, -0.1) is 0 Å². The molecular weight excluding hydrogens is 282 g/mol. The van der Waals surface area contributed by atoms with E-state index in [-0.39, 0.29) is 6.61 Å². The van der Waals surface area contributed by atoms with Gasteiger partial charge >= 0.3 is 0 Å². The zero-order chi connectivity index (χ0) is 15.1. The summed E-state index contributed by atoms with van der Waals surface area (Å²) < 4.78 is 0. The Morgan fingerprint density at radius 1 is 1.38 bits per heavy atom. The minimum atomic E-state index is 0.246. The fourth-order valence-electron chi connectivity index (χ4n) is 2.92. The predicted molar refractivity (Wildman–Crippen MR) is 89.5 cm³/mol. The maximum absolute atomic E-state index is 9.36. The van der Waals surface area contributed by atoms with Crippen molar-refractivity contribution in [2.24, 2.45) is 0 Å². The highest BCUT2D eigenvalue weighted by Crippen LogP contribution is 2.17. The molecule has 1 aliphatic rings. The maximum Gasteiger partial charge on any atom is 0.0564 e. The van der Waals surface area contributed by atoms with Crippen LogP contribution in [0.1, 0.15) is 25.3 Å². The van der Waals surface area contributed by atoms with Gasteiger partial charge in [0.2, 0.25) is 0 Å². The summed E-state index contributed by atoms with van der Waals surface area (Å²) in [5.74, 6) is 0. The van der Waals surface area contributed by atoms with Crippen LogP contribution in [-0.4, -0.2) is 58.3 Å². The second kappa shape index (κ2) is 8.73. The number of hydrogen-bond acceptors (Lipinski definition) is 5. The Bertz CT molecular complexity index is 392. The molecule has 0 aromatic carbocycles. The highest BCUT2D eigenvalue weighted by Gasteiger charge is 2.23. The van der Waals surface area contributed by atoms with Crippen LogP contribution < -0.4 is 5.32 Å². The van der Waals surface area contributed by atoms with Gasteiger partial charge in [0.25, 0.3) is 0 Å². The highest BCUT2D eigenvalue weighted by atomic mass is 32.2. The molecule has 4 nitrogen and oxygen atoms in total. The summed E-state index contributed by atoms with van der Waals surface area (Å²) in [6, 6.07) is 5.13. The molecule has 1 fully saturated rings. The van der Waals surface area contributed by atoms with Crippen LogP contribution in [0.4, 0.5) is 0 Å².